The molecule has 0 spiro atoms. The van der Waals surface area contributed by atoms with E-state index in [1.165, 1.54) is 7.11 Å². The summed E-state index contributed by atoms with van der Waals surface area (Å²) in [4.78, 5) is 41.4. The normalized spacial score (nSPS) is 13.0. The van der Waals surface area contributed by atoms with Crippen molar-refractivity contribution in [3.63, 3.8) is 0 Å². The Morgan fingerprint density at radius 3 is 2.03 bits per heavy atom. The molecule has 9 heteroatoms. The number of piperazine rings is 1. The van der Waals surface area contributed by atoms with Gasteiger partial charge >= 0.3 is 5.97 Å². The minimum Gasteiger partial charge on any atom is -0.465 e. The van der Waals surface area contributed by atoms with E-state index >= 15 is 0 Å². The Bertz CT molecular complexity index is 1260. The number of amides is 2. The first-order valence-corrected chi connectivity index (χ1v) is 11.9. The average Bonchev–Trinajstić information content (AvgIpc) is 2.93. The fourth-order valence-electron chi connectivity index (χ4n) is 3.99. The van der Waals surface area contributed by atoms with Gasteiger partial charge in [0.25, 0.3) is 11.8 Å². The molecule has 3 aromatic rings. The summed E-state index contributed by atoms with van der Waals surface area (Å²) in [5.41, 5.74) is 2.84. The van der Waals surface area contributed by atoms with Crippen LogP contribution in [0.3, 0.4) is 0 Å². The molecule has 2 amide bonds. The highest BCUT2D eigenvalue weighted by Crippen LogP contribution is 2.29. The van der Waals surface area contributed by atoms with E-state index in [2.05, 4.69) is 15.5 Å². The van der Waals surface area contributed by atoms with E-state index in [4.69, 9.17) is 17.0 Å². The van der Waals surface area contributed by atoms with E-state index in [9.17, 15) is 14.4 Å². The molecule has 0 radical (unpaired) electrons. The molecular formula is C27H26N4O4S. The molecule has 8 nitrogen and oxygen atoms in total. The van der Waals surface area contributed by atoms with Gasteiger partial charge in [0.1, 0.15) is 0 Å². The highest BCUT2D eigenvalue weighted by Gasteiger charge is 2.24. The Labute approximate surface area is 214 Å². The number of hydrogen-bond donors (Lipinski definition) is 2. The summed E-state index contributed by atoms with van der Waals surface area (Å²) in [6, 6.07) is 23.1. The standard InChI is InChI=1S/C27H26N4O4S/c1-35-26(34)21-12-13-23(22(18-21)28-27(36)29-24(32)19-8-4-2-5-9-19)30-14-16-31(17-15-30)25(33)20-10-6-3-7-11-20/h2-13,18H,14-17H2,1H3,(H2,28,29,32,36). The second kappa shape index (κ2) is 11.5. The highest BCUT2D eigenvalue weighted by molar-refractivity contribution is 7.80. The third-order valence-corrected chi connectivity index (χ3v) is 6.06. The van der Waals surface area contributed by atoms with Crippen LogP contribution >= 0.6 is 12.2 Å². The van der Waals surface area contributed by atoms with Crippen LogP contribution in [0.4, 0.5) is 11.4 Å². The molecule has 0 aliphatic carbocycles. The van der Waals surface area contributed by atoms with Crippen molar-refractivity contribution in [3.8, 4) is 0 Å². The number of rotatable bonds is 5. The molecular weight excluding hydrogens is 476 g/mol. The van der Waals surface area contributed by atoms with Crippen molar-refractivity contribution in [1.82, 2.24) is 10.2 Å². The number of thiocarbonyl (C=S) groups is 1. The monoisotopic (exact) mass is 502 g/mol. The topological polar surface area (TPSA) is 91.0 Å². The molecule has 0 bridgehead atoms. The van der Waals surface area contributed by atoms with Gasteiger partial charge in [0.2, 0.25) is 0 Å². The molecule has 0 unspecified atom stereocenters. The SMILES string of the molecule is COC(=O)c1ccc(N2CCN(C(=O)c3ccccc3)CC2)c(NC(=S)NC(=O)c2ccccc2)c1. The van der Waals surface area contributed by atoms with Crippen molar-refractivity contribution in [2.24, 2.45) is 0 Å². The zero-order valence-corrected chi connectivity index (χ0v) is 20.6. The fourth-order valence-corrected chi connectivity index (χ4v) is 4.19. The number of nitrogens with zero attached hydrogens (tertiary/aromatic N) is 2. The maximum absolute atomic E-state index is 12.8. The van der Waals surface area contributed by atoms with Gasteiger partial charge in [-0.25, -0.2) is 4.79 Å². The van der Waals surface area contributed by atoms with Crippen molar-refractivity contribution in [3.05, 3.63) is 95.6 Å². The first-order chi connectivity index (χ1) is 17.5. The van der Waals surface area contributed by atoms with Crippen LogP contribution in [0, 0.1) is 0 Å². The average molecular weight is 503 g/mol. The summed E-state index contributed by atoms with van der Waals surface area (Å²) in [6.45, 7) is 2.27. The number of hydrogen-bond acceptors (Lipinski definition) is 6. The van der Waals surface area contributed by atoms with E-state index in [1.807, 2.05) is 47.4 Å². The number of ether oxygens (including phenoxy) is 1. The predicted octanol–water partition coefficient (Wildman–Crippen LogP) is 3.56. The quantitative estimate of drug-likeness (QED) is 0.407. The maximum atomic E-state index is 12.8. The summed E-state index contributed by atoms with van der Waals surface area (Å²) in [5.74, 6) is -0.826. The summed E-state index contributed by atoms with van der Waals surface area (Å²) < 4.78 is 4.86. The van der Waals surface area contributed by atoms with Gasteiger partial charge in [-0.1, -0.05) is 36.4 Å². The summed E-state index contributed by atoms with van der Waals surface area (Å²) >= 11 is 5.39. The van der Waals surface area contributed by atoms with Crippen LogP contribution in [0.5, 0.6) is 0 Å². The number of benzene rings is 3. The largest absolute Gasteiger partial charge is 0.465 e. The molecule has 1 saturated heterocycles. The van der Waals surface area contributed by atoms with Crippen molar-refractivity contribution in [2.45, 2.75) is 0 Å². The fraction of sp³-hybridized carbons (Fsp3) is 0.185. The molecule has 0 aromatic heterocycles. The zero-order chi connectivity index (χ0) is 25.5. The Morgan fingerprint density at radius 1 is 0.806 bits per heavy atom. The molecule has 184 valence electrons. The third kappa shape index (κ3) is 5.87. The van der Waals surface area contributed by atoms with Gasteiger partial charge < -0.3 is 19.9 Å². The summed E-state index contributed by atoms with van der Waals surface area (Å²) in [5, 5.41) is 5.83. The van der Waals surface area contributed by atoms with Crippen LogP contribution in [0.15, 0.2) is 78.9 Å². The number of anilines is 2. The number of esters is 1. The molecule has 0 saturated carbocycles. The second-order valence-electron chi connectivity index (χ2n) is 8.14. The smallest absolute Gasteiger partial charge is 0.337 e. The molecule has 1 aliphatic rings. The Hall–Kier alpha value is -4.24. The molecule has 2 N–H and O–H groups in total. The molecule has 4 rings (SSSR count). The number of methoxy groups -OCH3 is 1. The molecule has 1 fully saturated rings. The van der Waals surface area contributed by atoms with Crippen molar-refractivity contribution in [2.75, 3.05) is 43.5 Å². The van der Waals surface area contributed by atoms with Gasteiger partial charge in [0.15, 0.2) is 5.11 Å². The summed E-state index contributed by atoms with van der Waals surface area (Å²) in [7, 11) is 1.32. The van der Waals surface area contributed by atoms with E-state index in [-0.39, 0.29) is 16.9 Å². The molecule has 1 heterocycles. The van der Waals surface area contributed by atoms with Gasteiger partial charge in [-0.2, -0.15) is 0 Å². The molecule has 36 heavy (non-hydrogen) atoms. The lowest BCUT2D eigenvalue weighted by atomic mass is 10.1. The van der Waals surface area contributed by atoms with Crippen LogP contribution in [0.2, 0.25) is 0 Å². The first kappa shape index (κ1) is 24.9. The minimum absolute atomic E-state index is 0.000519. The van der Waals surface area contributed by atoms with E-state index < -0.39 is 5.97 Å². The van der Waals surface area contributed by atoms with Gasteiger partial charge in [-0.05, 0) is 54.7 Å². The van der Waals surface area contributed by atoms with Crippen LogP contribution in [-0.4, -0.2) is 61.1 Å². The van der Waals surface area contributed by atoms with Crippen LogP contribution < -0.4 is 15.5 Å². The zero-order valence-electron chi connectivity index (χ0n) is 19.8. The molecule has 3 aromatic carbocycles. The number of nitrogens with one attached hydrogen (secondary N) is 2. The van der Waals surface area contributed by atoms with Gasteiger partial charge in [-0.3, -0.25) is 14.9 Å². The van der Waals surface area contributed by atoms with Gasteiger partial charge in [0, 0.05) is 37.3 Å². The molecule has 1 aliphatic heterocycles. The van der Waals surface area contributed by atoms with Gasteiger partial charge in [0.05, 0.1) is 24.0 Å². The Balaban J connectivity index is 1.49. The lowest BCUT2D eigenvalue weighted by molar-refractivity contribution is 0.0600. The van der Waals surface area contributed by atoms with E-state index in [1.54, 1.807) is 36.4 Å². The summed E-state index contributed by atoms with van der Waals surface area (Å²) in [6.07, 6.45) is 0. The maximum Gasteiger partial charge on any atom is 0.337 e. The minimum atomic E-state index is -0.484. The Morgan fingerprint density at radius 2 is 1.42 bits per heavy atom. The molecule has 0 atom stereocenters. The van der Waals surface area contributed by atoms with Crippen molar-refractivity contribution >= 4 is 46.5 Å². The predicted molar refractivity (Wildman–Crippen MR) is 142 cm³/mol. The first-order valence-electron chi connectivity index (χ1n) is 11.5. The van der Waals surface area contributed by atoms with Gasteiger partial charge in [-0.15, -0.1) is 0 Å². The van der Waals surface area contributed by atoms with Crippen LogP contribution in [0.25, 0.3) is 0 Å². The van der Waals surface area contributed by atoms with Crippen LogP contribution in [-0.2, 0) is 4.74 Å². The lowest BCUT2D eigenvalue weighted by Crippen LogP contribution is -2.49. The van der Waals surface area contributed by atoms with E-state index in [0.29, 0.717) is 48.6 Å². The number of carbonyl (C=O) groups excluding carboxylic acids is 3. The van der Waals surface area contributed by atoms with Crippen LogP contribution in [0.1, 0.15) is 31.1 Å². The Kier molecular flexibility index (Phi) is 7.92. The lowest BCUT2D eigenvalue weighted by Gasteiger charge is -2.37. The van der Waals surface area contributed by atoms with E-state index in [0.717, 1.165) is 5.69 Å². The van der Waals surface area contributed by atoms with Crippen molar-refractivity contribution in [1.29, 1.82) is 0 Å². The number of carbonyl (C=O) groups is 3. The second-order valence-corrected chi connectivity index (χ2v) is 8.55. The van der Waals surface area contributed by atoms with Crippen molar-refractivity contribution < 1.29 is 19.1 Å². The highest BCUT2D eigenvalue weighted by atomic mass is 32.1. The third-order valence-electron chi connectivity index (χ3n) is 5.86.